The van der Waals surface area contributed by atoms with E-state index in [9.17, 15) is 14.4 Å². The van der Waals surface area contributed by atoms with E-state index in [1.165, 1.54) is 23.1 Å². The lowest BCUT2D eigenvalue weighted by molar-refractivity contribution is -0.115. The fraction of sp³-hybridized carbons (Fsp3) is 0.0909. The normalized spacial score (nSPS) is 12.0. The van der Waals surface area contributed by atoms with Gasteiger partial charge in [0.25, 0.3) is 11.8 Å². The summed E-state index contributed by atoms with van der Waals surface area (Å²) in [5, 5.41) is 9.16. The fourth-order valence-electron chi connectivity index (χ4n) is 4.07. The highest BCUT2D eigenvalue weighted by Crippen LogP contribution is 2.29. The molecule has 0 fully saturated rings. The van der Waals surface area contributed by atoms with Crippen LogP contribution in [0.2, 0.25) is 5.02 Å². The fourth-order valence-corrected chi connectivity index (χ4v) is 6.10. The molecule has 0 aliphatic rings. The van der Waals surface area contributed by atoms with Crippen LogP contribution in [0.5, 0.6) is 0 Å². The smallest absolute Gasteiger partial charge is 0.272 e. The molecular formula is C33H27ClN4O3S2. The molecule has 0 bridgehead atoms. The summed E-state index contributed by atoms with van der Waals surface area (Å²) in [6.45, 7) is 3.85. The Morgan fingerprint density at radius 2 is 1.67 bits per heavy atom. The second kappa shape index (κ2) is 13.7. The van der Waals surface area contributed by atoms with E-state index < -0.39 is 11.8 Å². The Labute approximate surface area is 262 Å². The van der Waals surface area contributed by atoms with Gasteiger partial charge in [-0.25, -0.2) is 4.98 Å². The molecule has 0 saturated carbocycles. The van der Waals surface area contributed by atoms with E-state index in [0.29, 0.717) is 27.0 Å². The minimum atomic E-state index is -0.497. The molecule has 1 atom stereocenters. The third kappa shape index (κ3) is 8.10. The maximum absolute atomic E-state index is 13.3. The standard InChI is InChI=1S/C33H27ClN4O3S2/c1-20-11-16-27-29(17-20)43-33(37-27)38-30(39)21(2)42-26-14-12-25(13-15-26)35-32(41)28(19-22-7-6-10-24(34)18-22)36-31(40)23-8-4-3-5-9-23/h3-19,21H,1-2H3,(H,35,41)(H,36,40)(H,37,38,39)/b28-19-. The molecule has 216 valence electrons. The predicted octanol–water partition coefficient (Wildman–Crippen LogP) is 7.79. The van der Waals surface area contributed by atoms with Gasteiger partial charge in [0.05, 0.1) is 15.5 Å². The molecule has 0 aliphatic heterocycles. The molecule has 4 aromatic carbocycles. The first-order valence-electron chi connectivity index (χ1n) is 13.3. The van der Waals surface area contributed by atoms with E-state index in [-0.39, 0.29) is 16.9 Å². The van der Waals surface area contributed by atoms with Crippen LogP contribution in [0.15, 0.2) is 108 Å². The Morgan fingerprint density at radius 3 is 2.42 bits per heavy atom. The summed E-state index contributed by atoms with van der Waals surface area (Å²) in [5.74, 6) is -1.06. The number of carbonyl (C=O) groups is 3. The lowest BCUT2D eigenvalue weighted by atomic mass is 10.1. The van der Waals surface area contributed by atoms with Crippen molar-refractivity contribution in [3.63, 3.8) is 0 Å². The molecule has 0 saturated heterocycles. The molecular weight excluding hydrogens is 600 g/mol. The summed E-state index contributed by atoms with van der Waals surface area (Å²) in [6.07, 6.45) is 1.57. The third-order valence-corrected chi connectivity index (χ3v) is 8.54. The van der Waals surface area contributed by atoms with Crippen LogP contribution in [0, 0.1) is 6.92 Å². The van der Waals surface area contributed by atoms with Gasteiger partial charge in [-0.05, 0) is 91.7 Å². The monoisotopic (exact) mass is 626 g/mol. The van der Waals surface area contributed by atoms with Crippen LogP contribution in [-0.4, -0.2) is 28.0 Å². The summed E-state index contributed by atoms with van der Waals surface area (Å²) in [5.41, 5.74) is 3.67. The molecule has 1 unspecified atom stereocenters. The van der Waals surface area contributed by atoms with Crippen LogP contribution in [0.1, 0.15) is 28.4 Å². The lowest BCUT2D eigenvalue weighted by Crippen LogP contribution is -2.30. The number of amides is 3. The van der Waals surface area contributed by atoms with Crippen LogP contribution in [0.25, 0.3) is 16.3 Å². The van der Waals surface area contributed by atoms with E-state index in [0.717, 1.165) is 20.7 Å². The quantitative estimate of drug-likeness (QED) is 0.115. The largest absolute Gasteiger partial charge is 0.321 e. The molecule has 3 amide bonds. The average molecular weight is 627 g/mol. The molecule has 0 spiro atoms. The SMILES string of the molecule is Cc1ccc2nc(NC(=O)C(C)Sc3ccc(NC(=O)/C(=C/c4cccc(Cl)c4)NC(=O)c4ccccc4)cc3)sc2c1. The summed E-state index contributed by atoms with van der Waals surface area (Å²) < 4.78 is 1.03. The first-order chi connectivity index (χ1) is 20.7. The second-order valence-electron chi connectivity index (χ2n) is 9.65. The zero-order chi connectivity index (χ0) is 30.3. The Morgan fingerprint density at radius 1 is 0.907 bits per heavy atom. The summed E-state index contributed by atoms with van der Waals surface area (Å²) in [6, 6.07) is 28.8. The van der Waals surface area contributed by atoms with E-state index in [1.807, 2.05) is 44.2 Å². The van der Waals surface area contributed by atoms with Crippen LogP contribution in [-0.2, 0) is 9.59 Å². The number of thioether (sulfide) groups is 1. The van der Waals surface area contributed by atoms with Gasteiger partial charge in [0, 0.05) is 21.2 Å². The molecule has 0 aliphatic carbocycles. The Hall–Kier alpha value is -4.44. The van der Waals surface area contributed by atoms with Crippen LogP contribution in [0.4, 0.5) is 10.8 Å². The van der Waals surface area contributed by atoms with Gasteiger partial charge in [0.15, 0.2) is 5.13 Å². The lowest BCUT2D eigenvalue weighted by Gasteiger charge is -2.13. The molecule has 0 radical (unpaired) electrons. The number of aryl methyl sites for hydroxylation is 1. The van der Waals surface area contributed by atoms with E-state index in [4.69, 9.17) is 11.6 Å². The summed E-state index contributed by atoms with van der Waals surface area (Å²) >= 11 is 8.97. The second-order valence-corrected chi connectivity index (χ2v) is 12.5. The van der Waals surface area contributed by atoms with Crippen molar-refractivity contribution in [2.45, 2.75) is 24.0 Å². The van der Waals surface area contributed by atoms with Gasteiger partial charge in [0.2, 0.25) is 5.91 Å². The van der Waals surface area contributed by atoms with Gasteiger partial charge in [-0.1, -0.05) is 59.3 Å². The van der Waals surface area contributed by atoms with Crippen molar-refractivity contribution in [3.05, 3.63) is 124 Å². The molecule has 5 rings (SSSR count). The Balaban J connectivity index is 1.23. The topological polar surface area (TPSA) is 100 Å². The average Bonchev–Trinajstić information content (AvgIpc) is 3.39. The third-order valence-electron chi connectivity index (χ3n) is 6.26. The first kappa shape index (κ1) is 30.0. The van der Waals surface area contributed by atoms with Crippen molar-refractivity contribution in [1.82, 2.24) is 10.3 Å². The van der Waals surface area contributed by atoms with Gasteiger partial charge in [-0.15, -0.1) is 11.8 Å². The number of benzene rings is 4. The summed E-state index contributed by atoms with van der Waals surface area (Å²) in [4.78, 5) is 44.3. The zero-order valence-corrected chi connectivity index (χ0v) is 25.6. The number of thiazole rings is 1. The molecule has 3 N–H and O–H groups in total. The van der Waals surface area contributed by atoms with Crippen molar-refractivity contribution >= 4 is 79.5 Å². The van der Waals surface area contributed by atoms with Crippen LogP contribution in [0.3, 0.4) is 0 Å². The molecule has 10 heteroatoms. The first-order valence-corrected chi connectivity index (χ1v) is 15.4. The maximum Gasteiger partial charge on any atom is 0.272 e. The van der Waals surface area contributed by atoms with Crippen molar-refractivity contribution in [2.24, 2.45) is 0 Å². The number of aromatic nitrogens is 1. The van der Waals surface area contributed by atoms with Crippen molar-refractivity contribution in [3.8, 4) is 0 Å². The van der Waals surface area contributed by atoms with E-state index in [2.05, 4.69) is 27.0 Å². The van der Waals surface area contributed by atoms with Crippen molar-refractivity contribution in [1.29, 1.82) is 0 Å². The number of carbonyl (C=O) groups excluding carboxylic acids is 3. The number of rotatable bonds is 9. The number of fused-ring (bicyclic) bond motifs is 1. The maximum atomic E-state index is 13.3. The van der Waals surface area contributed by atoms with Gasteiger partial charge < -0.3 is 16.0 Å². The zero-order valence-electron chi connectivity index (χ0n) is 23.3. The minimum Gasteiger partial charge on any atom is -0.321 e. The molecule has 5 aromatic rings. The van der Waals surface area contributed by atoms with Gasteiger partial charge in [0.1, 0.15) is 5.70 Å². The minimum absolute atomic E-state index is 0.0601. The number of anilines is 2. The van der Waals surface area contributed by atoms with Crippen molar-refractivity contribution < 1.29 is 14.4 Å². The van der Waals surface area contributed by atoms with Crippen molar-refractivity contribution in [2.75, 3.05) is 10.6 Å². The number of halogens is 1. The van der Waals surface area contributed by atoms with Crippen LogP contribution >= 0.6 is 34.7 Å². The number of nitrogens with one attached hydrogen (secondary N) is 3. The highest BCUT2D eigenvalue weighted by Gasteiger charge is 2.18. The Bertz CT molecular complexity index is 1820. The van der Waals surface area contributed by atoms with Gasteiger partial charge in [-0.2, -0.15) is 0 Å². The highest BCUT2D eigenvalue weighted by atomic mass is 35.5. The molecule has 43 heavy (non-hydrogen) atoms. The molecule has 7 nitrogen and oxygen atoms in total. The molecule has 1 aromatic heterocycles. The number of hydrogen-bond acceptors (Lipinski definition) is 6. The van der Waals surface area contributed by atoms with Gasteiger partial charge in [-0.3, -0.25) is 14.4 Å². The number of nitrogens with zero attached hydrogens (tertiary/aromatic N) is 1. The van der Waals surface area contributed by atoms with Crippen LogP contribution < -0.4 is 16.0 Å². The summed E-state index contributed by atoms with van der Waals surface area (Å²) in [7, 11) is 0. The van der Waals surface area contributed by atoms with E-state index >= 15 is 0 Å². The number of hydrogen-bond donors (Lipinski definition) is 3. The Kier molecular flexibility index (Phi) is 9.56. The van der Waals surface area contributed by atoms with E-state index in [1.54, 1.807) is 66.7 Å². The highest BCUT2D eigenvalue weighted by molar-refractivity contribution is 8.00. The molecule has 1 heterocycles. The van der Waals surface area contributed by atoms with Gasteiger partial charge >= 0.3 is 0 Å². The predicted molar refractivity (Wildman–Crippen MR) is 177 cm³/mol.